The van der Waals surface area contributed by atoms with Gasteiger partial charge in [-0.3, -0.25) is 0 Å². The second-order valence-corrected chi connectivity index (χ2v) is 22.4. The van der Waals surface area contributed by atoms with Crippen LogP contribution < -0.4 is 0 Å². The van der Waals surface area contributed by atoms with Crippen molar-refractivity contribution in [1.29, 1.82) is 0 Å². The van der Waals surface area contributed by atoms with Crippen LogP contribution in [0.15, 0.2) is 106 Å². The number of allylic oxidation sites excluding steroid dienone is 6. The molecule has 0 radical (unpaired) electrons. The van der Waals surface area contributed by atoms with Crippen LogP contribution in [0.3, 0.4) is 0 Å². The van der Waals surface area contributed by atoms with Crippen LogP contribution in [-0.2, 0) is 0 Å². The number of hydrogen-bond acceptors (Lipinski definition) is 3. The number of benzene rings is 2. The van der Waals surface area contributed by atoms with Crippen molar-refractivity contribution in [2.24, 2.45) is 46.3 Å². The topological polar surface area (TPSA) is 20.2 Å². The molecule has 0 aliphatic heterocycles. The largest absolute Gasteiger partial charge is 0.396 e. The lowest BCUT2D eigenvalue weighted by atomic mass is 9.54. The number of thioether (sulfide) groups is 2. The van der Waals surface area contributed by atoms with Gasteiger partial charge in [-0.05, 0) is 160 Å². The summed E-state index contributed by atoms with van der Waals surface area (Å²) in [7, 11) is 0. The highest BCUT2D eigenvalue weighted by atomic mass is 32.2. The maximum atomic E-state index is 9.66. The van der Waals surface area contributed by atoms with E-state index in [1.165, 1.54) is 130 Å². The van der Waals surface area contributed by atoms with Gasteiger partial charge in [0.2, 0.25) is 0 Å². The lowest BCUT2D eigenvalue weighted by Gasteiger charge is -2.51. The fraction of sp³-hybridized carbons (Fsp3) is 0.679. The molecule has 3 rings (SSSR count). The van der Waals surface area contributed by atoms with Gasteiger partial charge < -0.3 is 5.11 Å². The molecule has 6 atom stereocenters. The number of hydrogen-bond donors (Lipinski definition) is 1. The van der Waals surface area contributed by atoms with Crippen LogP contribution in [0.25, 0.3) is 0 Å². The first-order valence-electron chi connectivity index (χ1n) is 24.4. The van der Waals surface area contributed by atoms with E-state index in [9.17, 15) is 5.11 Å². The normalized spacial score (nSPS) is 20.5. The Balaban J connectivity index is 1.55. The highest BCUT2D eigenvalue weighted by Crippen LogP contribution is 2.53. The van der Waals surface area contributed by atoms with E-state index in [4.69, 9.17) is 0 Å². The van der Waals surface area contributed by atoms with E-state index in [-0.39, 0.29) is 10.8 Å². The minimum Gasteiger partial charge on any atom is -0.396 e. The minimum atomic E-state index is 0.193. The number of aliphatic hydroxyl groups is 1. The summed E-state index contributed by atoms with van der Waals surface area (Å²) in [6, 6.07) is 21.8. The molecule has 2 aromatic rings. The fourth-order valence-corrected chi connectivity index (χ4v) is 12.1. The molecule has 1 aliphatic rings. The van der Waals surface area contributed by atoms with E-state index >= 15 is 0 Å². The van der Waals surface area contributed by atoms with Crippen molar-refractivity contribution in [1.82, 2.24) is 0 Å². The predicted molar refractivity (Wildman–Crippen MR) is 267 cm³/mol. The zero-order chi connectivity index (χ0) is 42.8. The second kappa shape index (κ2) is 29.6. The van der Waals surface area contributed by atoms with E-state index in [2.05, 4.69) is 146 Å². The maximum Gasteiger partial charge on any atom is 0.0431 e. The first-order chi connectivity index (χ1) is 28.5. The fourth-order valence-electron chi connectivity index (χ4n) is 10.3. The molecular weight excluding hydrogens is 753 g/mol. The van der Waals surface area contributed by atoms with Crippen LogP contribution in [0.1, 0.15) is 177 Å². The Bertz CT molecular complexity index is 1420. The monoisotopic (exact) mass is 843 g/mol. The van der Waals surface area contributed by atoms with Crippen molar-refractivity contribution in [2.75, 3.05) is 18.1 Å². The summed E-state index contributed by atoms with van der Waals surface area (Å²) in [6.07, 6.45) is 36.7. The van der Waals surface area contributed by atoms with Gasteiger partial charge in [0.25, 0.3) is 0 Å². The molecule has 2 aromatic carbocycles. The molecule has 1 nitrogen and oxygen atoms in total. The van der Waals surface area contributed by atoms with Gasteiger partial charge in [0.15, 0.2) is 0 Å². The highest BCUT2D eigenvalue weighted by Gasteiger charge is 2.45. The van der Waals surface area contributed by atoms with Crippen LogP contribution in [0, 0.1) is 46.3 Å². The molecule has 0 heterocycles. The van der Waals surface area contributed by atoms with Gasteiger partial charge in [-0.25, -0.2) is 0 Å². The molecule has 1 N–H and O–H groups in total. The summed E-state index contributed by atoms with van der Waals surface area (Å²) < 4.78 is 0. The molecule has 1 aliphatic carbocycles. The Morgan fingerprint density at radius 2 is 1.42 bits per heavy atom. The molecule has 1 saturated carbocycles. The van der Waals surface area contributed by atoms with Crippen molar-refractivity contribution >= 4 is 23.5 Å². The van der Waals surface area contributed by atoms with Crippen LogP contribution in [0.5, 0.6) is 0 Å². The van der Waals surface area contributed by atoms with Crippen molar-refractivity contribution in [3.63, 3.8) is 0 Å². The Morgan fingerprint density at radius 3 is 2.08 bits per heavy atom. The van der Waals surface area contributed by atoms with Gasteiger partial charge in [-0.2, -0.15) is 0 Å². The third-order valence-electron chi connectivity index (χ3n) is 13.9. The number of unbranched alkanes of at least 4 members (excludes halogenated alkanes) is 7. The predicted octanol–water partition coefficient (Wildman–Crippen LogP) is 17.9. The molecule has 1 fully saturated rings. The van der Waals surface area contributed by atoms with Gasteiger partial charge in [0.05, 0.1) is 0 Å². The zero-order valence-electron chi connectivity index (χ0n) is 39.4. The lowest BCUT2D eigenvalue weighted by Crippen LogP contribution is -2.43. The van der Waals surface area contributed by atoms with E-state index in [0.29, 0.717) is 6.61 Å². The van der Waals surface area contributed by atoms with Gasteiger partial charge in [-0.1, -0.05) is 172 Å². The molecule has 0 aromatic heterocycles. The molecule has 3 heteroatoms. The Morgan fingerprint density at radius 1 is 0.763 bits per heavy atom. The van der Waals surface area contributed by atoms with E-state index in [1.807, 2.05) is 23.5 Å². The molecule has 0 saturated heterocycles. The standard InChI is InChI=1S/C56H90OS2/c1-9-10-18-32-49(33-19-14-12-11-13-15-28-41-58-51-35-20-16-21-36-51)45-56(7,8)48(4)31-24-26-39-55(5,6)54-50(34-25-27-40-57)43-46(2)44-53(54)47(3)30-29-42-59-52-37-22-17-23-38-52/h14,16-17,19-24,26,31,35-38,46-47,49-50,53-54,57H,9-13,15,18,25,27-30,32-34,39-45H2,1-8H3/b19-14-,26-24+,48-31-/t46-,47-,49-,50+,53+,54?/m1/s1. The molecular formula is C56H90OS2. The summed E-state index contributed by atoms with van der Waals surface area (Å²) in [5.41, 5.74) is 1.96. The Labute approximate surface area is 375 Å². The summed E-state index contributed by atoms with van der Waals surface area (Å²) in [5, 5.41) is 9.66. The molecule has 0 bridgehead atoms. The molecule has 1 unspecified atom stereocenters. The number of aliphatic hydroxyl groups excluding tert-OH is 1. The van der Waals surface area contributed by atoms with Gasteiger partial charge in [0.1, 0.15) is 0 Å². The van der Waals surface area contributed by atoms with Crippen LogP contribution >= 0.6 is 23.5 Å². The van der Waals surface area contributed by atoms with Crippen LogP contribution in [-0.4, -0.2) is 23.2 Å². The molecule has 332 valence electrons. The van der Waals surface area contributed by atoms with Crippen LogP contribution in [0.2, 0.25) is 0 Å². The van der Waals surface area contributed by atoms with Crippen LogP contribution in [0.4, 0.5) is 0 Å². The lowest BCUT2D eigenvalue weighted by molar-refractivity contribution is -0.0157. The summed E-state index contributed by atoms with van der Waals surface area (Å²) in [4.78, 5) is 2.80. The second-order valence-electron chi connectivity index (χ2n) is 20.0. The van der Waals surface area contributed by atoms with E-state index < -0.39 is 0 Å². The molecule has 0 spiro atoms. The number of rotatable bonds is 31. The van der Waals surface area contributed by atoms with Crippen molar-refractivity contribution in [3.8, 4) is 0 Å². The first-order valence-corrected chi connectivity index (χ1v) is 26.4. The van der Waals surface area contributed by atoms with Gasteiger partial charge in [0, 0.05) is 16.4 Å². The Hall–Kier alpha value is -1.68. The SMILES string of the molecule is CCCCC[C@H](C/C=C\CCCCCCSc1ccccc1)CC(C)(C)/C(C)=C\C=C\CC(C)(C)C1[C@@H](CCCCO)C[C@@H](C)C[C@H]1[C@H](C)CCCSc1ccccc1. The van der Waals surface area contributed by atoms with Crippen molar-refractivity contribution < 1.29 is 5.11 Å². The average Bonchev–Trinajstić information content (AvgIpc) is 3.22. The third-order valence-corrected chi connectivity index (χ3v) is 16.1. The molecule has 0 amide bonds. The summed E-state index contributed by atoms with van der Waals surface area (Å²) in [6.45, 7) is 20.3. The Kier molecular flexibility index (Phi) is 25.9. The van der Waals surface area contributed by atoms with Crippen molar-refractivity contribution in [3.05, 3.63) is 96.6 Å². The summed E-state index contributed by atoms with van der Waals surface area (Å²) >= 11 is 4.02. The quantitative estimate of drug-likeness (QED) is 0.0353. The first kappa shape index (κ1) is 51.7. The smallest absolute Gasteiger partial charge is 0.0431 e. The zero-order valence-corrected chi connectivity index (χ0v) is 41.1. The third kappa shape index (κ3) is 20.8. The average molecular weight is 843 g/mol. The van der Waals surface area contributed by atoms with Gasteiger partial charge >= 0.3 is 0 Å². The van der Waals surface area contributed by atoms with E-state index in [0.717, 1.165) is 54.8 Å². The molecule has 59 heavy (non-hydrogen) atoms. The maximum absolute atomic E-state index is 9.66. The highest BCUT2D eigenvalue weighted by molar-refractivity contribution is 7.99. The van der Waals surface area contributed by atoms with Gasteiger partial charge in [-0.15, -0.1) is 23.5 Å². The van der Waals surface area contributed by atoms with Crippen molar-refractivity contribution in [2.45, 2.75) is 187 Å². The van der Waals surface area contributed by atoms with E-state index in [1.54, 1.807) is 0 Å². The minimum absolute atomic E-state index is 0.193. The summed E-state index contributed by atoms with van der Waals surface area (Å²) in [5.74, 6) is 6.98.